The number of alkyl halides is 17. The lowest BCUT2D eigenvalue weighted by Crippen LogP contribution is -2.74. The Hall–Kier alpha value is -1.43. The van der Waals surface area contributed by atoms with E-state index in [9.17, 15) is 95.1 Å². The van der Waals surface area contributed by atoms with Gasteiger partial charge in [0.2, 0.25) is 0 Å². The Morgan fingerprint density at radius 2 is 0.925 bits per heavy atom. The molecule has 1 heterocycles. The van der Waals surface area contributed by atoms with Crippen molar-refractivity contribution >= 4 is 0 Å². The van der Waals surface area contributed by atoms with E-state index >= 15 is 0 Å². The third-order valence-corrected chi connectivity index (χ3v) is 5.54. The molecule has 0 aromatic heterocycles. The van der Waals surface area contributed by atoms with Gasteiger partial charge in [-0.2, -0.15) is 74.6 Å². The molecule has 0 spiro atoms. The highest BCUT2D eigenvalue weighted by Gasteiger charge is 2.95. The van der Waals surface area contributed by atoms with Crippen molar-refractivity contribution in [3.63, 3.8) is 0 Å². The van der Waals surface area contributed by atoms with Crippen LogP contribution in [-0.4, -0.2) is 112 Å². The predicted molar refractivity (Wildman–Crippen MR) is 89.6 cm³/mol. The Morgan fingerprint density at radius 3 is 1.35 bits per heavy atom. The number of aliphatic hydroxyl groups is 4. The maximum atomic E-state index is 13.8. The van der Waals surface area contributed by atoms with Crippen LogP contribution in [0.5, 0.6) is 0 Å². The molecular formula is C17H17F17O6. The molecule has 4 N–H and O–H groups in total. The van der Waals surface area contributed by atoms with Crippen LogP contribution in [0.25, 0.3) is 0 Å². The van der Waals surface area contributed by atoms with Crippen molar-refractivity contribution in [2.24, 2.45) is 0 Å². The summed E-state index contributed by atoms with van der Waals surface area (Å²) >= 11 is 0. The zero-order valence-corrected chi connectivity index (χ0v) is 18.7. The van der Waals surface area contributed by atoms with Crippen LogP contribution in [0.4, 0.5) is 74.6 Å². The highest BCUT2D eigenvalue weighted by molar-refractivity contribution is 5.15. The van der Waals surface area contributed by atoms with E-state index in [1.54, 1.807) is 0 Å². The fourth-order valence-electron chi connectivity index (χ4n) is 3.02. The zero-order chi connectivity index (χ0) is 32.1. The second-order valence-corrected chi connectivity index (χ2v) is 8.36. The lowest BCUT2D eigenvalue weighted by Gasteiger charge is -2.42. The molecule has 1 rings (SSSR count). The summed E-state index contributed by atoms with van der Waals surface area (Å²) < 4.78 is 233. The molecule has 1 aliphatic rings. The van der Waals surface area contributed by atoms with Crippen LogP contribution in [-0.2, 0) is 9.47 Å². The number of aliphatic hydroxyl groups excluding tert-OH is 4. The van der Waals surface area contributed by atoms with Crippen LogP contribution >= 0.6 is 0 Å². The Labute approximate surface area is 210 Å². The molecule has 0 aliphatic carbocycles. The molecule has 0 bridgehead atoms. The Morgan fingerprint density at radius 1 is 0.525 bits per heavy atom. The second-order valence-electron chi connectivity index (χ2n) is 8.36. The van der Waals surface area contributed by atoms with Gasteiger partial charge in [-0.25, -0.2) is 0 Å². The average molecular weight is 640 g/mol. The summed E-state index contributed by atoms with van der Waals surface area (Å²) in [6.45, 7) is -2.27. The third kappa shape index (κ3) is 5.64. The van der Waals surface area contributed by atoms with E-state index in [0.717, 1.165) is 0 Å². The van der Waals surface area contributed by atoms with Crippen LogP contribution in [0.3, 0.4) is 0 Å². The molecule has 40 heavy (non-hydrogen) atoms. The van der Waals surface area contributed by atoms with Gasteiger partial charge >= 0.3 is 47.6 Å². The van der Waals surface area contributed by atoms with Gasteiger partial charge in [-0.05, 0) is 6.42 Å². The van der Waals surface area contributed by atoms with Crippen molar-refractivity contribution in [1.82, 2.24) is 0 Å². The van der Waals surface area contributed by atoms with Crippen molar-refractivity contribution in [3.8, 4) is 0 Å². The molecule has 1 saturated heterocycles. The SMILES string of the molecule is O[C@@H]1[C@@H](O)[C@H](COCCCC(F)(F)C(F)(F)C(F)(F)C(F)(F)C(F)(F)C(F)(F)C(F)(F)C(F)(F)F)O[C@@H](O)[C@H]1O. The summed E-state index contributed by atoms with van der Waals surface area (Å²) in [4.78, 5) is 0. The molecule has 1 fully saturated rings. The first-order valence-electron chi connectivity index (χ1n) is 10.1. The third-order valence-electron chi connectivity index (χ3n) is 5.54. The van der Waals surface area contributed by atoms with Gasteiger partial charge in [0, 0.05) is 13.0 Å². The number of ether oxygens (including phenoxy) is 2. The van der Waals surface area contributed by atoms with Crippen molar-refractivity contribution < 1.29 is 105 Å². The van der Waals surface area contributed by atoms with Crippen molar-refractivity contribution in [2.75, 3.05) is 13.2 Å². The maximum absolute atomic E-state index is 13.8. The molecule has 0 amide bonds. The number of hydrogen-bond donors (Lipinski definition) is 4. The first kappa shape index (κ1) is 36.6. The standard InChI is InChI=1S/C17H17F17O6/c18-10(19,2-1-3-39-4-5-6(35)7(36)8(37)9(38)40-5)11(20,21)12(22,23)13(24,25)14(26,27)15(28,29)16(30,31)17(32,33)34/h5-9,35-38H,1-4H2/t5-,6-,7+,8-,9+/m0/s1. The molecule has 1 aliphatic heterocycles. The summed E-state index contributed by atoms with van der Waals surface area (Å²) in [7, 11) is 0. The Kier molecular flexibility index (Phi) is 10.1. The monoisotopic (exact) mass is 640 g/mol. The largest absolute Gasteiger partial charge is 0.460 e. The normalized spacial score (nSPS) is 26.8. The molecule has 0 radical (unpaired) electrons. The number of rotatable bonds is 12. The van der Waals surface area contributed by atoms with E-state index in [2.05, 4.69) is 9.47 Å². The Balaban J connectivity index is 3.06. The van der Waals surface area contributed by atoms with E-state index in [0.29, 0.717) is 0 Å². The van der Waals surface area contributed by atoms with Gasteiger partial charge in [0.1, 0.15) is 24.4 Å². The average Bonchev–Trinajstić information content (AvgIpc) is 2.78. The van der Waals surface area contributed by atoms with Crippen molar-refractivity contribution in [3.05, 3.63) is 0 Å². The fourth-order valence-corrected chi connectivity index (χ4v) is 3.02. The summed E-state index contributed by atoms with van der Waals surface area (Å²) in [5.74, 6) is -56.9. The molecule has 0 unspecified atom stereocenters. The minimum Gasteiger partial charge on any atom is -0.387 e. The van der Waals surface area contributed by atoms with Crippen LogP contribution in [0, 0.1) is 0 Å². The summed E-state index contributed by atoms with van der Waals surface area (Å²) in [6.07, 6.45) is -22.1. The van der Waals surface area contributed by atoms with E-state index in [1.165, 1.54) is 0 Å². The van der Waals surface area contributed by atoms with Gasteiger partial charge in [-0.15, -0.1) is 0 Å². The lowest BCUT2D eigenvalue weighted by molar-refractivity contribution is -0.461. The minimum absolute atomic E-state index is 1.01. The molecule has 240 valence electrons. The van der Waals surface area contributed by atoms with Gasteiger partial charge < -0.3 is 29.9 Å². The van der Waals surface area contributed by atoms with Crippen molar-refractivity contribution in [1.29, 1.82) is 0 Å². The van der Waals surface area contributed by atoms with E-state index in [-0.39, 0.29) is 0 Å². The van der Waals surface area contributed by atoms with E-state index in [4.69, 9.17) is 0 Å². The summed E-state index contributed by atoms with van der Waals surface area (Å²) in [5, 5.41) is 37.5. The highest BCUT2D eigenvalue weighted by atomic mass is 19.4. The molecule has 5 atom stereocenters. The van der Waals surface area contributed by atoms with Gasteiger partial charge in [0.05, 0.1) is 6.61 Å². The van der Waals surface area contributed by atoms with Gasteiger partial charge in [0.15, 0.2) is 6.29 Å². The second kappa shape index (κ2) is 11.0. The summed E-state index contributed by atoms with van der Waals surface area (Å²) in [5.41, 5.74) is 0. The lowest BCUT2D eigenvalue weighted by atomic mass is 9.88. The summed E-state index contributed by atoms with van der Waals surface area (Å²) in [6, 6.07) is 0. The topological polar surface area (TPSA) is 99.4 Å². The number of halogens is 17. The highest BCUT2D eigenvalue weighted by Crippen LogP contribution is 2.64. The Bertz CT molecular complexity index is 864. The predicted octanol–water partition coefficient (Wildman–Crippen LogP) is 3.59. The smallest absolute Gasteiger partial charge is 0.387 e. The van der Waals surface area contributed by atoms with E-state index in [1.807, 2.05) is 0 Å². The number of hydrogen-bond acceptors (Lipinski definition) is 6. The van der Waals surface area contributed by atoms with Crippen LogP contribution in [0.1, 0.15) is 12.8 Å². The zero-order valence-electron chi connectivity index (χ0n) is 18.7. The fraction of sp³-hybridized carbons (Fsp3) is 1.00. The molecule has 0 aromatic rings. The van der Waals surface area contributed by atoms with Gasteiger partial charge in [-0.1, -0.05) is 0 Å². The maximum Gasteiger partial charge on any atom is 0.460 e. The molecule has 6 nitrogen and oxygen atoms in total. The van der Waals surface area contributed by atoms with Crippen LogP contribution in [0.15, 0.2) is 0 Å². The quantitative estimate of drug-likeness (QED) is 0.193. The minimum atomic E-state index is -8.70. The molecule has 23 heteroatoms. The molecule has 0 aromatic carbocycles. The van der Waals surface area contributed by atoms with Crippen LogP contribution in [0.2, 0.25) is 0 Å². The molecular weight excluding hydrogens is 623 g/mol. The van der Waals surface area contributed by atoms with Gasteiger partial charge in [-0.3, -0.25) is 0 Å². The molecule has 0 saturated carbocycles. The van der Waals surface area contributed by atoms with Gasteiger partial charge in [0.25, 0.3) is 0 Å². The van der Waals surface area contributed by atoms with Crippen LogP contribution < -0.4 is 0 Å². The van der Waals surface area contributed by atoms with Crippen molar-refractivity contribution in [2.45, 2.75) is 91.2 Å². The first-order valence-corrected chi connectivity index (χ1v) is 10.1. The first-order chi connectivity index (χ1) is 17.5. The van der Waals surface area contributed by atoms with E-state index < -0.39 is 104 Å².